The number of nitrogens with zero attached hydrogens (tertiary/aromatic N) is 3. The van der Waals surface area contributed by atoms with Crippen molar-refractivity contribution in [3.8, 4) is 11.4 Å². The first-order valence-corrected chi connectivity index (χ1v) is 10.6. The van der Waals surface area contributed by atoms with Gasteiger partial charge in [0.15, 0.2) is 0 Å². The summed E-state index contributed by atoms with van der Waals surface area (Å²) in [6, 6.07) is 23.4. The number of rotatable bonds is 3. The highest BCUT2D eigenvalue weighted by Crippen LogP contribution is 2.24. The van der Waals surface area contributed by atoms with Crippen molar-refractivity contribution in [2.45, 2.75) is 25.7 Å². The standard InChI is InChI=1S/C26H22N4O/c31-26(30-29-23-14-5-2-10-18-9-1-3-11-19(18)23)21-17-25(24-15-7-8-16-27-24)28-22-13-6-4-12-20(21)22/h1,3-4,6-9,11-13,15-17H,2,5,10,14H2,(H,30,31). The topological polar surface area (TPSA) is 67.2 Å². The Kier molecular flexibility index (Phi) is 5.23. The zero-order valence-electron chi connectivity index (χ0n) is 17.1. The zero-order valence-corrected chi connectivity index (χ0v) is 17.1. The Morgan fingerprint density at radius 3 is 2.58 bits per heavy atom. The first-order valence-electron chi connectivity index (χ1n) is 10.6. The third kappa shape index (κ3) is 3.94. The fourth-order valence-corrected chi connectivity index (χ4v) is 4.07. The SMILES string of the molecule is O=C(NN=C1CCCCc2ccccc21)c1cc(-c2ccccn2)nc2ccccc12. The van der Waals surface area contributed by atoms with E-state index in [1.165, 1.54) is 5.56 Å². The van der Waals surface area contributed by atoms with Crippen LogP contribution in [0.25, 0.3) is 22.3 Å². The molecular formula is C26H22N4O. The molecule has 5 heteroatoms. The molecule has 2 aromatic carbocycles. The Labute approximate surface area is 180 Å². The van der Waals surface area contributed by atoms with Gasteiger partial charge in [0.25, 0.3) is 5.91 Å². The quantitative estimate of drug-likeness (QED) is 0.378. The van der Waals surface area contributed by atoms with Crippen LogP contribution in [0.3, 0.4) is 0 Å². The van der Waals surface area contributed by atoms with Crippen LogP contribution in [0.1, 0.15) is 40.7 Å². The molecule has 0 bridgehead atoms. The van der Waals surface area contributed by atoms with Gasteiger partial charge in [-0.15, -0.1) is 0 Å². The number of pyridine rings is 2. The van der Waals surface area contributed by atoms with Gasteiger partial charge in [0, 0.05) is 17.1 Å². The van der Waals surface area contributed by atoms with E-state index in [0.717, 1.165) is 53.6 Å². The Morgan fingerprint density at radius 1 is 0.871 bits per heavy atom. The smallest absolute Gasteiger partial charge is 0.267 e. The number of hydrazone groups is 1. The van der Waals surface area contributed by atoms with Gasteiger partial charge in [0.1, 0.15) is 0 Å². The molecule has 2 aromatic heterocycles. The highest BCUT2D eigenvalue weighted by atomic mass is 16.2. The maximum Gasteiger partial charge on any atom is 0.272 e. The van der Waals surface area contributed by atoms with E-state index in [-0.39, 0.29) is 5.91 Å². The molecule has 0 radical (unpaired) electrons. The van der Waals surface area contributed by atoms with Gasteiger partial charge in [0.2, 0.25) is 0 Å². The Balaban J connectivity index is 1.52. The maximum atomic E-state index is 13.2. The van der Waals surface area contributed by atoms with Crippen LogP contribution >= 0.6 is 0 Å². The first kappa shape index (κ1) is 19.1. The van der Waals surface area contributed by atoms with E-state index in [1.54, 1.807) is 12.3 Å². The van der Waals surface area contributed by atoms with Crippen molar-refractivity contribution in [2.75, 3.05) is 0 Å². The van der Waals surface area contributed by atoms with Gasteiger partial charge in [0.05, 0.1) is 28.2 Å². The molecule has 1 aliphatic carbocycles. The van der Waals surface area contributed by atoms with Crippen molar-refractivity contribution in [1.29, 1.82) is 0 Å². The zero-order chi connectivity index (χ0) is 21.0. The molecule has 2 heterocycles. The molecule has 5 rings (SSSR count). The number of nitrogens with one attached hydrogen (secondary N) is 1. The Morgan fingerprint density at radius 2 is 1.68 bits per heavy atom. The lowest BCUT2D eigenvalue weighted by molar-refractivity contribution is 0.0956. The number of hydrogen-bond donors (Lipinski definition) is 1. The third-order valence-corrected chi connectivity index (χ3v) is 5.62. The molecule has 0 unspecified atom stereocenters. The van der Waals surface area contributed by atoms with Crippen LogP contribution in [-0.4, -0.2) is 21.6 Å². The monoisotopic (exact) mass is 406 g/mol. The molecule has 0 fully saturated rings. The summed E-state index contributed by atoms with van der Waals surface area (Å²) in [7, 11) is 0. The highest BCUT2D eigenvalue weighted by Gasteiger charge is 2.16. The minimum absolute atomic E-state index is 0.245. The van der Waals surface area contributed by atoms with Crippen LogP contribution in [0.2, 0.25) is 0 Å². The molecule has 0 saturated heterocycles. The van der Waals surface area contributed by atoms with Crippen molar-refractivity contribution >= 4 is 22.5 Å². The number of amides is 1. The van der Waals surface area contributed by atoms with E-state index >= 15 is 0 Å². The number of aromatic nitrogens is 2. The van der Waals surface area contributed by atoms with Crippen molar-refractivity contribution in [3.63, 3.8) is 0 Å². The maximum absolute atomic E-state index is 13.2. The number of aryl methyl sites for hydroxylation is 1. The summed E-state index contributed by atoms with van der Waals surface area (Å²) in [5.41, 5.74) is 8.85. The van der Waals surface area contributed by atoms with E-state index in [0.29, 0.717) is 11.3 Å². The van der Waals surface area contributed by atoms with E-state index in [1.807, 2.05) is 48.5 Å². The average molecular weight is 406 g/mol. The summed E-state index contributed by atoms with van der Waals surface area (Å²) in [5, 5.41) is 5.34. The molecule has 1 aliphatic rings. The molecule has 0 atom stereocenters. The number of hydrogen-bond acceptors (Lipinski definition) is 4. The van der Waals surface area contributed by atoms with Crippen molar-refractivity contribution in [2.24, 2.45) is 5.10 Å². The molecule has 152 valence electrons. The van der Waals surface area contributed by atoms with Crippen LogP contribution in [0, 0.1) is 0 Å². The molecule has 0 aliphatic heterocycles. The molecule has 0 spiro atoms. The van der Waals surface area contributed by atoms with Gasteiger partial charge >= 0.3 is 0 Å². The highest BCUT2D eigenvalue weighted by molar-refractivity contribution is 6.08. The second-order valence-electron chi connectivity index (χ2n) is 7.65. The molecule has 5 nitrogen and oxygen atoms in total. The predicted octanol–water partition coefficient (Wildman–Crippen LogP) is 5.16. The molecular weight excluding hydrogens is 384 g/mol. The summed E-state index contributed by atoms with van der Waals surface area (Å²) in [5.74, 6) is -0.245. The second-order valence-corrected chi connectivity index (χ2v) is 7.65. The lowest BCUT2D eigenvalue weighted by atomic mass is 10.0. The van der Waals surface area contributed by atoms with Crippen LogP contribution < -0.4 is 5.43 Å². The lowest BCUT2D eigenvalue weighted by Crippen LogP contribution is -2.21. The summed E-state index contributed by atoms with van der Waals surface area (Å²) >= 11 is 0. The van der Waals surface area contributed by atoms with Crippen LogP contribution in [-0.2, 0) is 6.42 Å². The van der Waals surface area contributed by atoms with Gasteiger partial charge in [-0.25, -0.2) is 10.4 Å². The van der Waals surface area contributed by atoms with Gasteiger partial charge in [-0.1, -0.05) is 48.5 Å². The summed E-state index contributed by atoms with van der Waals surface area (Å²) in [6.07, 6.45) is 5.82. The second kappa shape index (κ2) is 8.48. The van der Waals surface area contributed by atoms with Crippen molar-refractivity contribution < 1.29 is 4.79 Å². The third-order valence-electron chi connectivity index (χ3n) is 5.62. The Bertz CT molecular complexity index is 1280. The summed E-state index contributed by atoms with van der Waals surface area (Å²) < 4.78 is 0. The van der Waals surface area contributed by atoms with Gasteiger partial charge in [-0.05, 0) is 55.5 Å². The molecule has 31 heavy (non-hydrogen) atoms. The number of para-hydroxylation sites is 1. The van der Waals surface area contributed by atoms with Gasteiger partial charge in [-0.3, -0.25) is 9.78 Å². The largest absolute Gasteiger partial charge is 0.272 e. The number of carbonyl (C=O) groups is 1. The van der Waals surface area contributed by atoms with Crippen LogP contribution in [0.15, 0.2) is 84.1 Å². The lowest BCUT2D eigenvalue weighted by Gasteiger charge is -2.10. The minimum Gasteiger partial charge on any atom is -0.267 e. The van der Waals surface area contributed by atoms with Crippen molar-refractivity contribution in [3.05, 3.63) is 95.7 Å². The van der Waals surface area contributed by atoms with Crippen LogP contribution in [0.4, 0.5) is 0 Å². The summed E-state index contributed by atoms with van der Waals surface area (Å²) in [4.78, 5) is 22.3. The molecule has 4 aromatic rings. The minimum atomic E-state index is -0.245. The normalized spacial score (nSPS) is 14.8. The van der Waals surface area contributed by atoms with Crippen LogP contribution in [0.5, 0.6) is 0 Å². The van der Waals surface area contributed by atoms with Crippen molar-refractivity contribution in [1.82, 2.24) is 15.4 Å². The van der Waals surface area contributed by atoms with E-state index < -0.39 is 0 Å². The number of benzene rings is 2. The molecule has 1 N–H and O–H groups in total. The fraction of sp³-hybridized carbons (Fsp3) is 0.154. The summed E-state index contributed by atoms with van der Waals surface area (Å²) in [6.45, 7) is 0. The fourth-order valence-electron chi connectivity index (χ4n) is 4.07. The van der Waals surface area contributed by atoms with E-state index in [2.05, 4.69) is 33.7 Å². The van der Waals surface area contributed by atoms with Gasteiger partial charge in [-0.2, -0.15) is 5.10 Å². The Hall–Kier alpha value is -3.86. The predicted molar refractivity (Wildman–Crippen MR) is 123 cm³/mol. The average Bonchev–Trinajstić information content (AvgIpc) is 3.04. The van der Waals surface area contributed by atoms with E-state index in [4.69, 9.17) is 4.98 Å². The first-order chi connectivity index (χ1) is 15.3. The van der Waals surface area contributed by atoms with Gasteiger partial charge < -0.3 is 0 Å². The molecule has 1 amide bonds. The number of fused-ring (bicyclic) bond motifs is 2. The number of carbonyl (C=O) groups excluding carboxylic acids is 1. The van der Waals surface area contributed by atoms with E-state index in [9.17, 15) is 4.79 Å². The molecule has 0 saturated carbocycles.